The Labute approximate surface area is 76.8 Å². The van der Waals surface area contributed by atoms with Crippen molar-refractivity contribution < 1.29 is 22.4 Å². The first kappa shape index (κ1) is 11.8. The van der Waals surface area contributed by atoms with Crippen molar-refractivity contribution in [2.45, 2.75) is 0 Å². The van der Waals surface area contributed by atoms with Gasteiger partial charge in [0.15, 0.2) is 0 Å². The van der Waals surface area contributed by atoms with Crippen LogP contribution < -0.4 is 0 Å². The van der Waals surface area contributed by atoms with E-state index in [9.17, 15) is 0 Å². The maximum absolute atomic E-state index is 3.81. The van der Waals surface area contributed by atoms with E-state index < -0.39 is 0 Å². The van der Waals surface area contributed by atoms with Gasteiger partial charge >= 0.3 is 22.4 Å². The van der Waals surface area contributed by atoms with Crippen LogP contribution in [0.2, 0.25) is 0 Å². The molecule has 0 aromatic carbocycles. The largest absolute Gasteiger partial charge is 1.00 e. The minimum atomic E-state index is 0. The average Bonchev–Trinajstić information content (AvgIpc) is 1.69. The van der Waals surface area contributed by atoms with Gasteiger partial charge in [-0.3, -0.25) is 4.98 Å². The van der Waals surface area contributed by atoms with Gasteiger partial charge in [0, 0.05) is 0 Å². The molecule has 0 atom stereocenters. The first-order valence-corrected chi connectivity index (χ1v) is 2.11. The van der Waals surface area contributed by atoms with E-state index in [0.29, 0.717) is 0 Å². The zero-order chi connectivity index (χ0) is 5.11. The third-order valence-corrected chi connectivity index (χ3v) is 0.749. The van der Waals surface area contributed by atoms with E-state index in [4.69, 9.17) is 0 Å². The van der Waals surface area contributed by atoms with Crippen LogP contribution in [-0.4, -0.2) is 4.98 Å². The number of nitrogens with zero attached hydrogens (tertiary/aromatic N) is 1. The Hall–Kier alpha value is 0.0503. The fourth-order valence-corrected chi connectivity index (χ4v) is 0.383. The van der Waals surface area contributed by atoms with Gasteiger partial charge in [0.25, 0.3) is 0 Å². The van der Waals surface area contributed by atoms with E-state index in [-0.39, 0.29) is 34.8 Å². The summed E-state index contributed by atoms with van der Waals surface area (Å²) in [6.45, 7) is 3.68. The summed E-state index contributed by atoms with van der Waals surface area (Å²) >= 11 is 0. The molecule has 3 heteroatoms. The van der Waals surface area contributed by atoms with Crippen molar-refractivity contribution in [3.8, 4) is 0 Å². The quantitative estimate of drug-likeness (QED) is 0.522. The molecule has 0 saturated heterocycles. The normalized spacial score (nSPS) is 6.67. The SMILES string of the molecule is Cl.[Au+].[CH2-]c1ccncc1. The predicted molar refractivity (Wildman–Crippen MR) is 35.9 cm³/mol. The smallest absolute Gasteiger partial charge is 0.291 e. The van der Waals surface area contributed by atoms with Crippen molar-refractivity contribution in [1.29, 1.82) is 0 Å². The molecule has 0 radical (unpaired) electrons. The van der Waals surface area contributed by atoms with Gasteiger partial charge in [-0.05, 0) is 12.4 Å². The summed E-state index contributed by atoms with van der Waals surface area (Å²) in [6, 6.07) is 3.72. The number of halogens is 1. The molecule has 0 aliphatic rings. The molecule has 54 valence electrons. The first-order valence-electron chi connectivity index (χ1n) is 2.11. The Kier molecular flexibility index (Phi) is 8.10. The number of aromatic nitrogens is 1. The average molecular weight is 326 g/mol. The maximum atomic E-state index is 3.81. The number of hydrogen-bond acceptors (Lipinski definition) is 1. The molecule has 1 nitrogen and oxygen atoms in total. The summed E-state index contributed by atoms with van der Waals surface area (Å²) in [6.07, 6.45) is 3.45. The minimum absolute atomic E-state index is 0. The number of pyridine rings is 1. The zero-order valence-corrected chi connectivity index (χ0v) is 7.66. The summed E-state index contributed by atoms with van der Waals surface area (Å²) in [7, 11) is 0. The van der Waals surface area contributed by atoms with Crippen LogP contribution in [0.1, 0.15) is 5.56 Å². The van der Waals surface area contributed by atoms with E-state index >= 15 is 0 Å². The molecule has 0 N–H and O–H groups in total. The van der Waals surface area contributed by atoms with Crippen molar-refractivity contribution in [2.75, 3.05) is 0 Å². The fraction of sp³-hybridized carbons (Fsp3) is 0. The molecular weight excluding hydrogens is 318 g/mol. The molecule has 0 amide bonds. The summed E-state index contributed by atoms with van der Waals surface area (Å²) in [4.78, 5) is 3.81. The van der Waals surface area contributed by atoms with Crippen LogP contribution in [0.3, 0.4) is 0 Å². The van der Waals surface area contributed by atoms with Crippen LogP contribution in [-0.2, 0) is 22.4 Å². The maximum Gasteiger partial charge on any atom is 1.00 e. The molecule has 0 fully saturated rings. The Morgan fingerprint density at radius 1 is 1.22 bits per heavy atom. The summed E-state index contributed by atoms with van der Waals surface area (Å²) in [5, 5.41) is 0. The molecule has 1 heterocycles. The van der Waals surface area contributed by atoms with Gasteiger partial charge in [-0.15, -0.1) is 24.5 Å². The molecule has 1 rings (SSSR count). The summed E-state index contributed by atoms with van der Waals surface area (Å²) < 4.78 is 0. The molecule has 9 heavy (non-hydrogen) atoms. The number of hydrogen-bond donors (Lipinski definition) is 0. The molecule has 0 bridgehead atoms. The van der Waals surface area contributed by atoms with Gasteiger partial charge in [0.2, 0.25) is 0 Å². The fourth-order valence-electron chi connectivity index (χ4n) is 0.383. The van der Waals surface area contributed by atoms with E-state index in [2.05, 4.69) is 11.9 Å². The molecule has 1 aromatic heterocycles. The molecule has 0 saturated carbocycles. The van der Waals surface area contributed by atoms with E-state index in [1.54, 1.807) is 12.4 Å². The monoisotopic (exact) mass is 325 g/mol. The second-order valence-electron chi connectivity index (χ2n) is 1.36. The molecule has 0 aliphatic carbocycles. The summed E-state index contributed by atoms with van der Waals surface area (Å²) in [5.74, 6) is 0. The van der Waals surface area contributed by atoms with Gasteiger partial charge in [-0.1, -0.05) is 0 Å². The third kappa shape index (κ3) is 4.55. The van der Waals surface area contributed by atoms with Crippen molar-refractivity contribution in [3.05, 3.63) is 37.0 Å². The third-order valence-electron chi connectivity index (χ3n) is 0.749. The second kappa shape index (κ2) is 6.17. The van der Waals surface area contributed by atoms with Crippen LogP contribution in [0.25, 0.3) is 0 Å². The van der Waals surface area contributed by atoms with E-state index in [0.717, 1.165) is 5.56 Å². The van der Waals surface area contributed by atoms with Crippen LogP contribution >= 0.6 is 12.4 Å². The molecule has 0 aliphatic heterocycles. The van der Waals surface area contributed by atoms with E-state index in [1.165, 1.54) is 0 Å². The van der Waals surface area contributed by atoms with Gasteiger partial charge in [0.05, 0.1) is 0 Å². The predicted octanol–water partition coefficient (Wildman–Crippen LogP) is 1.68. The van der Waals surface area contributed by atoms with Gasteiger partial charge in [-0.2, -0.15) is 12.5 Å². The Bertz CT molecular complexity index is 143. The Balaban J connectivity index is 0. The van der Waals surface area contributed by atoms with E-state index in [1.807, 2.05) is 12.1 Å². The summed E-state index contributed by atoms with van der Waals surface area (Å²) in [5.41, 5.74) is 1.01. The van der Waals surface area contributed by atoms with Gasteiger partial charge < -0.3 is 0 Å². The van der Waals surface area contributed by atoms with Gasteiger partial charge in [-0.25, -0.2) is 0 Å². The van der Waals surface area contributed by atoms with Crippen molar-refractivity contribution in [2.24, 2.45) is 0 Å². The van der Waals surface area contributed by atoms with Crippen molar-refractivity contribution in [3.63, 3.8) is 0 Å². The molecular formula is C6H7AuClN. The topological polar surface area (TPSA) is 12.9 Å². The molecule has 0 spiro atoms. The van der Waals surface area contributed by atoms with Crippen molar-refractivity contribution >= 4 is 12.4 Å². The van der Waals surface area contributed by atoms with Gasteiger partial charge in [0.1, 0.15) is 0 Å². The second-order valence-corrected chi connectivity index (χ2v) is 1.36. The molecule has 1 aromatic rings. The Morgan fingerprint density at radius 3 is 1.89 bits per heavy atom. The number of rotatable bonds is 0. The zero-order valence-electron chi connectivity index (χ0n) is 4.67. The van der Waals surface area contributed by atoms with Crippen LogP contribution in [0, 0.1) is 6.92 Å². The van der Waals surface area contributed by atoms with Crippen LogP contribution in [0.15, 0.2) is 24.5 Å². The standard InChI is InChI=1S/C6H6N.Au.ClH/c1-6-2-4-7-5-3-6;;/h2-5H,1H2;;1H/q-1;+1;. The first-order chi connectivity index (χ1) is 3.39. The van der Waals surface area contributed by atoms with Crippen molar-refractivity contribution in [1.82, 2.24) is 4.98 Å². The Morgan fingerprint density at radius 2 is 1.67 bits per heavy atom. The van der Waals surface area contributed by atoms with Crippen LogP contribution in [0.5, 0.6) is 0 Å². The minimum Gasteiger partial charge on any atom is -0.291 e. The molecule has 0 unspecified atom stereocenters. The van der Waals surface area contributed by atoms with Crippen LogP contribution in [0.4, 0.5) is 0 Å².